The van der Waals surface area contributed by atoms with Gasteiger partial charge in [-0.25, -0.2) is 0 Å². The zero-order valence-electron chi connectivity index (χ0n) is 13.5. The third-order valence-electron chi connectivity index (χ3n) is 4.22. The van der Waals surface area contributed by atoms with Gasteiger partial charge >= 0.3 is 5.97 Å². The van der Waals surface area contributed by atoms with Crippen molar-refractivity contribution in [3.63, 3.8) is 0 Å². The fourth-order valence-corrected chi connectivity index (χ4v) is 2.97. The first-order valence-corrected chi connectivity index (χ1v) is 7.99. The molecule has 0 spiro atoms. The number of benzene rings is 1. The maximum Gasteiger partial charge on any atom is 0.311 e. The molecule has 0 unspecified atom stereocenters. The average Bonchev–Trinajstić information content (AvgIpc) is 3.16. The predicted octanol–water partition coefficient (Wildman–Crippen LogP) is 2.84. The molecule has 1 atom stereocenters. The van der Waals surface area contributed by atoms with Crippen LogP contribution in [0.3, 0.4) is 0 Å². The van der Waals surface area contributed by atoms with E-state index in [1.54, 1.807) is 18.1 Å². The van der Waals surface area contributed by atoms with E-state index in [2.05, 4.69) is 0 Å². The van der Waals surface area contributed by atoms with Crippen molar-refractivity contribution in [1.29, 1.82) is 0 Å². The van der Waals surface area contributed by atoms with Gasteiger partial charge in [0.1, 0.15) is 5.58 Å². The number of carbonyl (C=O) groups excluding carboxylic acids is 2. The summed E-state index contributed by atoms with van der Waals surface area (Å²) in [5.41, 5.74) is 2.64. The molecule has 5 nitrogen and oxygen atoms in total. The number of carbonyl (C=O) groups is 2. The van der Waals surface area contributed by atoms with Gasteiger partial charge in [-0.3, -0.25) is 9.59 Å². The highest BCUT2D eigenvalue weighted by Gasteiger charge is 2.26. The highest BCUT2D eigenvalue weighted by atomic mass is 16.5. The van der Waals surface area contributed by atoms with E-state index < -0.39 is 12.1 Å². The van der Waals surface area contributed by atoms with E-state index in [1.165, 1.54) is 0 Å². The van der Waals surface area contributed by atoms with Crippen LogP contribution in [0, 0.1) is 6.92 Å². The zero-order valence-corrected chi connectivity index (χ0v) is 13.5. The van der Waals surface area contributed by atoms with Crippen LogP contribution in [-0.4, -0.2) is 36.0 Å². The maximum absolute atomic E-state index is 12.2. The van der Waals surface area contributed by atoms with Crippen molar-refractivity contribution >= 4 is 22.8 Å². The van der Waals surface area contributed by atoms with Crippen molar-refractivity contribution in [1.82, 2.24) is 4.90 Å². The minimum atomic E-state index is -0.735. The second-order valence-electron chi connectivity index (χ2n) is 6.10. The first kappa shape index (κ1) is 15.6. The van der Waals surface area contributed by atoms with Gasteiger partial charge in [0.05, 0.1) is 12.7 Å². The van der Waals surface area contributed by atoms with Crippen LogP contribution in [-0.2, 0) is 20.7 Å². The molecule has 23 heavy (non-hydrogen) atoms. The van der Waals surface area contributed by atoms with Gasteiger partial charge in [0.2, 0.25) is 0 Å². The van der Waals surface area contributed by atoms with Crippen LogP contribution < -0.4 is 0 Å². The molecular weight excluding hydrogens is 294 g/mol. The monoisotopic (exact) mass is 315 g/mol. The van der Waals surface area contributed by atoms with E-state index in [0.29, 0.717) is 0 Å². The molecule has 122 valence electrons. The third kappa shape index (κ3) is 3.38. The Morgan fingerprint density at radius 3 is 2.78 bits per heavy atom. The van der Waals surface area contributed by atoms with Gasteiger partial charge in [-0.15, -0.1) is 0 Å². The molecule has 0 radical (unpaired) electrons. The number of ether oxygens (including phenoxy) is 1. The number of likely N-dealkylation sites (tertiary alicyclic amines) is 1. The van der Waals surface area contributed by atoms with Crippen LogP contribution in [0.4, 0.5) is 0 Å². The number of esters is 1. The molecule has 1 aliphatic rings. The number of nitrogens with zero attached hydrogens (tertiary/aromatic N) is 1. The number of fused-ring (bicyclic) bond motifs is 1. The summed E-state index contributed by atoms with van der Waals surface area (Å²) in [6.45, 7) is 5.13. The van der Waals surface area contributed by atoms with E-state index in [-0.39, 0.29) is 12.3 Å². The van der Waals surface area contributed by atoms with E-state index in [4.69, 9.17) is 9.15 Å². The molecule has 1 fully saturated rings. The molecule has 1 aliphatic heterocycles. The van der Waals surface area contributed by atoms with Crippen molar-refractivity contribution in [3.05, 3.63) is 35.6 Å². The standard InChI is InChI=1S/C18H21NO4/c1-12-5-6-15-14(11-22-16(15)9-12)10-17(20)23-13(2)18(21)19-7-3-4-8-19/h5-6,9,11,13H,3-4,7-8,10H2,1-2H3/t13-/m0/s1. The minimum Gasteiger partial charge on any atom is -0.464 e. The number of hydrogen-bond acceptors (Lipinski definition) is 4. The van der Waals surface area contributed by atoms with Gasteiger partial charge in [-0.1, -0.05) is 12.1 Å². The number of aryl methyl sites for hydroxylation is 1. The lowest BCUT2D eigenvalue weighted by Crippen LogP contribution is -2.38. The van der Waals surface area contributed by atoms with Crippen LogP contribution >= 0.6 is 0 Å². The van der Waals surface area contributed by atoms with E-state index in [1.807, 2.05) is 25.1 Å². The lowest BCUT2D eigenvalue weighted by atomic mass is 10.1. The quantitative estimate of drug-likeness (QED) is 0.814. The van der Waals surface area contributed by atoms with Crippen molar-refractivity contribution in [2.45, 2.75) is 39.2 Å². The third-order valence-corrected chi connectivity index (χ3v) is 4.22. The fraction of sp³-hybridized carbons (Fsp3) is 0.444. The molecule has 2 aromatic rings. The Hall–Kier alpha value is -2.30. The molecule has 1 aromatic heterocycles. The minimum absolute atomic E-state index is 0.105. The molecule has 0 saturated carbocycles. The SMILES string of the molecule is Cc1ccc2c(CC(=O)O[C@@H](C)C(=O)N3CCCC3)coc2c1. The first-order chi connectivity index (χ1) is 11.0. The molecule has 1 saturated heterocycles. The Morgan fingerprint density at radius 1 is 1.30 bits per heavy atom. The molecule has 3 rings (SSSR count). The van der Waals surface area contributed by atoms with Crippen LogP contribution in [0.15, 0.2) is 28.9 Å². The summed E-state index contributed by atoms with van der Waals surface area (Å²) in [7, 11) is 0. The molecule has 0 aliphatic carbocycles. The molecule has 1 amide bonds. The Balaban J connectivity index is 1.63. The second-order valence-corrected chi connectivity index (χ2v) is 6.10. The second kappa shape index (κ2) is 6.44. The van der Waals surface area contributed by atoms with E-state index >= 15 is 0 Å². The molecule has 0 N–H and O–H groups in total. The summed E-state index contributed by atoms with van der Waals surface area (Å²) >= 11 is 0. The Bertz CT molecular complexity index is 728. The number of amides is 1. The van der Waals surface area contributed by atoms with Crippen molar-refractivity contribution in [2.24, 2.45) is 0 Å². The average molecular weight is 315 g/mol. The summed E-state index contributed by atoms with van der Waals surface area (Å²) in [5.74, 6) is -0.517. The summed E-state index contributed by atoms with van der Waals surface area (Å²) in [5, 5.41) is 0.908. The van der Waals surface area contributed by atoms with Crippen molar-refractivity contribution in [2.75, 3.05) is 13.1 Å². The number of rotatable bonds is 4. The first-order valence-electron chi connectivity index (χ1n) is 7.99. The summed E-state index contributed by atoms with van der Waals surface area (Å²) in [6, 6.07) is 5.85. The Labute approximate surface area is 135 Å². The summed E-state index contributed by atoms with van der Waals surface area (Å²) in [4.78, 5) is 26.0. The predicted molar refractivity (Wildman–Crippen MR) is 86.0 cm³/mol. The normalized spacial score (nSPS) is 15.8. The van der Waals surface area contributed by atoms with Crippen molar-refractivity contribution < 1.29 is 18.7 Å². The highest BCUT2D eigenvalue weighted by Crippen LogP contribution is 2.23. The van der Waals surface area contributed by atoms with Crippen LogP contribution in [0.25, 0.3) is 11.0 Å². The van der Waals surface area contributed by atoms with Gasteiger partial charge in [-0.05, 0) is 38.3 Å². The smallest absolute Gasteiger partial charge is 0.311 e. The molecule has 2 heterocycles. The Morgan fingerprint density at radius 2 is 2.04 bits per heavy atom. The van der Waals surface area contributed by atoms with Gasteiger partial charge < -0.3 is 14.1 Å². The number of furan rings is 1. The zero-order chi connectivity index (χ0) is 16.4. The summed E-state index contributed by atoms with van der Waals surface area (Å²) in [6.07, 6.45) is 2.99. The molecule has 0 bridgehead atoms. The van der Waals surface area contributed by atoms with Crippen LogP contribution in [0.1, 0.15) is 30.9 Å². The van der Waals surface area contributed by atoms with Crippen LogP contribution in [0.2, 0.25) is 0 Å². The van der Waals surface area contributed by atoms with Crippen LogP contribution in [0.5, 0.6) is 0 Å². The van der Waals surface area contributed by atoms with Gasteiger partial charge in [0.25, 0.3) is 5.91 Å². The highest BCUT2D eigenvalue weighted by molar-refractivity contribution is 5.88. The van der Waals surface area contributed by atoms with E-state index in [0.717, 1.165) is 48.0 Å². The van der Waals surface area contributed by atoms with Gasteiger partial charge in [-0.2, -0.15) is 0 Å². The molecule has 1 aromatic carbocycles. The fourth-order valence-electron chi connectivity index (χ4n) is 2.97. The Kier molecular flexibility index (Phi) is 4.37. The molecular formula is C18H21NO4. The molecule has 5 heteroatoms. The maximum atomic E-state index is 12.2. The lowest BCUT2D eigenvalue weighted by molar-refractivity contribution is -0.158. The topological polar surface area (TPSA) is 59.8 Å². The number of hydrogen-bond donors (Lipinski definition) is 0. The van der Waals surface area contributed by atoms with Gasteiger partial charge in [0, 0.05) is 24.0 Å². The van der Waals surface area contributed by atoms with Gasteiger partial charge in [0.15, 0.2) is 6.10 Å². The van der Waals surface area contributed by atoms with E-state index in [9.17, 15) is 9.59 Å². The summed E-state index contributed by atoms with van der Waals surface area (Å²) < 4.78 is 10.8. The lowest BCUT2D eigenvalue weighted by Gasteiger charge is -2.20. The largest absolute Gasteiger partial charge is 0.464 e. The van der Waals surface area contributed by atoms with Crippen molar-refractivity contribution in [3.8, 4) is 0 Å².